The first kappa shape index (κ1) is 23.2. The Hall–Kier alpha value is -0.810. The molecule has 0 radical (unpaired) electrons. The van der Waals surface area contributed by atoms with E-state index in [1.807, 2.05) is 0 Å². The Balaban J connectivity index is 0.00000169. The predicted octanol–water partition coefficient (Wildman–Crippen LogP) is 3.38. The van der Waals surface area contributed by atoms with Gasteiger partial charge in [0, 0.05) is 25.0 Å². The highest BCUT2D eigenvalue weighted by molar-refractivity contribution is 5.85. The number of nitrogens with one attached hydrogen (secondary N) is 1. The summed E-state index contributed by atoms with van der Waals surface area (Å²) in [6.07, 6.45) is 6.96. The Bertz CT molecular complexity index is 529. The number of hydrogen-bond acceptors (Lipinski definition) is 3. The Morgan fingerprint density at radius 1 is 1.08 bits per heavy atom. The number of hydrogen-bond donors (Lipinski definition) is 2. The minimum Gasteiger partial charge on any atom is -0.354 e. The number of carbonyl (C=O) groups is 1. The van der Waals surface area contributed by atoms with E-state index in [1.54, 1.807) is 0 Å². The van der Waals surface area contributed by atoms with Crippen molar-refractivity contribution in [3.05, 3.63) is 35.9 Å². The molecule has 148 valence electrons. The molecule has 1 saturated heterocycles. The number of halogens is 2. The van der Waals surface area contributed by atoms with Gasteiger partial charge < -0.3 is 11.1 Å². The van der Waals surface area contributed by atoms with Crippen LogP contribution in [0.5, 0.6) is 0 Å². The second-order valence-corrected chi connectivity index (χ2v) is 7.38. The van der Waals surface area contributed by atoms with Crippen LogP contribution in [0.2, 0.25) is 0 Å². The highest BCUT2D eigenvalue weighted by Gasteiger charge is 2.32. The van der Waals surface area contributed by atoms with Crippen LogP contribution in [0.4, 0.5) is 0 Å². The first-order valence-corrected chi connectivity index (χ1v) is 9.53. The molecule has 0 aromatic heterocycles. The van der Waals surface area contributed by atoms with Crippen molar-refractivity contribution in [3.8, 4) is 0 Å². The van der Waals surface area contributed by atoms with Crippen molar-refractivity contribution < 1.29 is 4.79 Å². The fourth-order valence-electron chi connectivity index (χ4n) is 4.33. The van der Waals surface area contributed by atoms with Gasteiger partial charge in [-0.2, -0.15) is 0 Å². The molecule has 1 saturated carbocycles. The zero-order valence-corrected chi connectivity index (χ0v) is 17.1. The molecule has 0 spiro atoms. The standard InChI is InChI=1S/C20H31N3O.2ClH/c21-13-17-9-6-11-19(17)20(24)22-14-18-10-4-5-12-23(18)15-16-7-2-1-3-8-16;;/h1-3,7-8,17-19H,4-6,9-15,21H2,(H,22,24);2*1H/t17-,18?,19-;;/m1../s1. The van der Waals surface area contributed by atoms with Gasteiger partial charge in [-0.3, -0.25) is 9.69 Å². The van der Waals surface area contributed by atoms with E-state index in [2.05, 4.69) is 40.5 Å². The quantitative estimate of drug-likeness (QED) is 0.767. The molecule has 4 nitrogen and oxygen atoms in total. The fourth-order valence-corrected chi connectivity index (χ4v) is 4.33. The molecule has 26 heavy (non-hydrogen) atoms. The molecular formula is C20H33Cl2N3O. The maximum absolute atomic E-state index is 12.5. The number of nitrogens with two attached hydrogens (primary N) is 1. The average molecular weight is 402 g/mol. The van der Waals surface area contributed by atoms with E-state index >= 15 is 0 Å². The lowest BCUT2D eigenvalue weighted by molar-refractivity contribution is -0.126. The molecule has 1 aliphatic carbocycles. The molecule has 1 amide bonds. The second kappa shape index (κ2) is 11.8. The summed E-state index contributed by atoms with van der Waals surface area (Å²) < 4.78 is 0. The Labute approximate surface area is 170 Å². The summed E-state index contributed by atoms with van der Waals surface area (Å²) in [7, 11) is 0. The SMILES string of the molecule is Cl.Cl.NC[C@H]1CCC[C@H]1C(=O)NCC1CCCCN1Cc1ccccc1. The van der Waals surface area contributed by atoms with Crippen molar-refractivity contribution in [3.63, 3.8) is 0 Å². The lowest BCUT2D eigenvalue weighted by atomic mass is 9.95. The van der Waals surface area contributed by atoms with Gasteiger partial charge in [-0.15, -0.1) is 24.8 Å². The van der Waals surface area contributed by atoms with E-state index in [-0.39, 0.29) is 36.6 Å². The van der Waals surface area contributed by atoms with Gasteiger partial charge in [0.25, 0.3) is 0 Å². The highest BCUT2D eigenvalue weighted by atomic mass is 35.5. The van der Waals surface area contributed by atoms with Gasteiger partial charge in [0.05, 0.1) is 0 Å². The summed E-state index contributed by atoms with van der Waals surface area (Å²) in [6, 6.07) is 11.1. The molecule has 1 unspecified atom stereocenters. The van der Waals surface area contributed by atoms with E-state index in [9.17, 15) is 4.79 Å². The number of piperidine rings is 1. The topological polar surface area (TPSA) is 58.4 Å². The van der Waals surface area contributed by atoms with Gasteiger partial charge in [-0.25, -0.2) is 0 Å². The smallest absolute Gasteiger partial charge is 0.223 e. The van der Waals surface area contributed by atoms with E-state index < -0.39 is 0 Å². The number of likely N-dealkylation sites (tertiary alicyclic amines) is 1. The van der Waals surface area contributed by atoms with Gasteiger partial charge in [0.15, 0.2) is 0 Å². The largest absolute Gasteiger partial charge is 0.354 e. The fraction of sp³-hybridized carbons (Fsp3) is 0.650. The molecule has 1 aromatic rings. The normalized spacial score (nSPS) is 25.8. The van der Waals surface area contributed by atoms with Gasteiger partial charge >= 0.3 is 0 Å². The summed E-state index contributed by atoms with van der Waals surface area (Å²) in [5.41, 5.74) is 7.18. The molecule has 1 aromatic carbocycles. The van der Waals surface area contributed by atoms with E-state index in [0.29, 0.717) is 18.5 Å². The maximum atomic E-state index is 12.5. The van der Waals surface area contributed by atoms with Gasteiger partial charge in [0.2, 0.25) is 5.91 Å². The zero-order chi connectivity index (χ0) is 16.8. The van der Waals surface area contributed by atoms with Gasteiger partial charge in [-0.05, 0) is 50.3 Å². The minimum absolute atomic E-state index is 0. The monoisotopic (exact) mass is 401 g/mol. The van der Waals surface area contributed by atoms with Crippen molar-refractivity contribution in [2.75, 3.05) is 19.6 Å². The summed E-state index contributed by atoms with van der Waals surface area (Å²) in [5, 5.41) is 3.24. The molecule has 0 bridgehead atoms. The van der Waals surface area contributed by atoms with Crippen LogP contribution in [0.3, 0.4) is 0 Å². The summed E-state index contributed by atoms with van der Waals surface area (Å²) in [4.78, 5) is 15.1. The molecule has 1 heterocycles. The van der Waals surface area contributed by atoms with Gasteiger partial charge in [-0.1, -0.05) is 43.2 Å². The molecule has 2 fully saturated rings. The van der Waals surface area contributed by atoms with Crippen LogP contribution in [0.15, 0.2) is 30.3 Å². The third-order valence-corrected chi connectivity index (χ3v) is 5.79. The maximum Gasteiger partial charge on any atom is 0.223 e. The number of carbonyl (C=O) groups excluding carboxylic acids is 1. The Morgan fingerprint density at radius 3 is 2.58 bits per heavy atom. The number of benzene rings is 1. The van der Waals surface area contributed by atoms with Crippen molar-refractivity contribution in [1.29, 1.82) is 0 Å². The van der Waals surface area contributed by atoms with Crippen LogP contribution < -0.4 is 11.1 Å². The molecule has 3 atom stereocenters. The molecule has 3 rings (SSSR count). The van der Waals surface area contributed by atoms with E-state index in [1.165, 1.54) is 24.8 Å². The van der Waals surface area contributed by atoms with Crippen molar-refractivity contribution in [2.24, 2.45) is 17.6 Å². The number of nitrogens with zero attached hydrogens (tertiary/aromatic N) is 1. The van der Waals surface area contributed by atoms with Crippen molar-refractivity contribution in [2.45, 2.75) is 51.1 Å². The molecule has 2 aliphatic rings. The minimum atomic E-state index is 0. The van der Waals surface area contributed by atoms with Crippen LogP contribution in [0, 0.1) is 11.8 Å². The first-order chi connectivity index (χ1) is 11.8. The predicted molar refractivity (Wildman–Crippen MR) is 112 cm³/mol. The van der Waals surface area contributed by atoms with Crippen molar-refractivity contribution >= 4 is 30.7 Å². The molecule has 6 heteroatoms. The lowest BCUT2D eigenvalue weighted by Crippen LogP contribution is -2.47. The second-order valence-electron chi connectivity index (χ2n) is 7.38. The Morgan fingerprint density at radius 2 is 1.85 bits per heavy atom. The molecule has 1 aliphatic heterocycles. The molecular weight excluding hydrogens is 369 g/mol. The van der Waals surface area contributed by atoms with Crippen LogP contribution in [-0.4, -0.2) is 36.5 Å². The summed E-state index contributed by atoms with van der Waals surface area (Å²) in [6.45, 7) is 3.53. The van der Waals surface area contributed by atoms with E-state index in [0.717, 1.165) is 38.9 Å². The van der Waals surface area contributed by atoms with Gasteiger partial charge in [0.1, 0.15) is 0 Å². The number of amides is 1. The van der Waals surface area contributed by atoms with Crippen LogP contribution >= 0.6 is 24.8 Å². The third kappa shape index (κ3) is 6.12. The number of rotatable bonds is 6. The average Bonchev–Trinajstić information content (AvgIpc) is 3.10. The lowest BCUT2D eigenvalue weighted by Gasteiger charge is -2.36. The van der Waals surface area contributed by atoms with Crippen LogP contribution in [0.25, 0.3) is 0 Å². The third-order valence-electron chi connectivity index (χ3n) is 5.79. The zero-order valence-electron chi connectivity index (χ0n) is 15.4. The first-order valence-electron chi connectivity index (χ1n) is 9.53. The van der Waals surface area contributed by atoms with E-state index in [4.69, 9.17) is 5.73 Å². The highest BCUT2D eigenvalue weighted by Crippen LogP contribution is 2.31. The molecule has 3 N–H and O–H groups in total. The summed E-state index contributed by atoms with van der Waals surface area (Å²) >= 11 is 0. The van der Waals surface area contributed by atoms with Crippen molar-refractivity contribution in [1.82, 2.24) is 10.2 Å². The summed E-state index contributed by atoms with van der Waals surface area (Å²) in [5.74, 6) is 0.756. The van der Waals surface area contributed by atoms with Crippen LogP contribution in [0.1, 0.15) is 44.1 Å². The Kier molecular flexibility index (Phi) is 10.6. The van der Waals surface area contributed by atoms with Crippen LogP contribution in [-0.2, 0) is 11.3 Å².